The van der Waals surface area contributed by atoms with Gasteiger partial charge in [-0.2, -0.15) is 0 Å². The van der Waals surface area contributed by atoms with Crippen molar-refractivity contribution in [3.63, 3.8) is 0 Å². The zero-order valence-corrected chi connectivity index (χ0v) is 19.3. The fourth-order valence-electron chi connectivity index (χ4n) is 2.93. The van der Waals surface area contributed by atoms with E-state index in [1.165, 1.54) is 61.6 Å². The molecule has 0 radical (unpaired) electrons. The van der Waals surface area contributed by atoms with E-state index in [1.807, 2.05) is 0 Å². The van der Waals surface area contributed by atoms with E-state index in [0.29, 0.717) is 10.7 Å². The predicted molar refractivity (Wildman–Crippen MR) is 118 cm³/mol. The van der Waals surface area contributed by atoms with Gasteiger partial charge in [-0.05, 0) is 42.5 Å². The molecule has 2 aromatic carbocycles. The van der Waals surface area contributed by atoms with Gasteiger partial charge < -0.3 is 19.1 Å². The van der Waals surface area contributed by atoms with Gasteiger partial charge in [0.1, 0.15) is 12.4 Å². The van der Waals surface area contributed by atoms with E-state index in [2.05, 4.69) is 4.72 Å². The van der Waals surface area contributed by atoms with Crippen LogP contribution in [0.4, 0.5) is 11.4 Å². The molecular formula is C20H18Cl2N2O7S. The second-order valence-corrected chi connectivity index (χ2v) is 8.94. The third kappa shape index (κ3) is 4.99. The van der Waals surface area contributed by atoms with Crippen LogP contribution in [0.3, 0.4) is 0 Å². The molecule has 0 aromatic heterocycles. The molecule has 32 heavy (non-hydrogen) atoms. The highest BCUT2D eigenvalue weighted by Crippen LogP contribution is 2.29. The van der Waals surface area contributed by atoms with Crippen molar-refractivity contribution in [1.82, 2.24) is 0 Å². The monoisotopic (exact) mass is 500 g/mol. The number of benzene rings is 2. The van der Waals surface area contributed by atoms with Gasteiger partial charge in [-0.3, -0.25) is 4.72 Å². The average molecular weight is 501 g/mol. The minimum atomic E-state index is -3.93. The van der Waals surface area contributed by atoms with Crippen LogP contribution in [-0.2, 0) is 33.8 Å². The normalized spacial score (nSPS) is 14.2. The predicted octanol–water partition coefficient (Wildman–Crippen LogP) is 3.19. The molecule has 0 amide bonds. The number of hydrogen-bond acceptors (Lipinski definition) is 8. The van der Waals surface area contributed by atoms with Crippen LogP contribution >= 0.6 is 23.2 Å². The number of anilines is 2. The molecule has 1 aliphatic rings. The standard InChI is InChI=1S/C20H18Cl2N2O7S/c1-29-19(25)15-10-31-11-24(18(15)20(26)30-2)13-4-6-14(7-5-13)32(27,28)23-12-3-8-16(21)17(22)9-12/h3-9,23H,10-11H2,1-2H3. The molecule has 0 spiro atoms. The second kappa shape index (κ2) is 9.78. The Morgan fingerprint density at radius 2 is 1.66 bits per heavy atom. The first-order valence-electron chi connectivity index (χ1n) is 9.01. The maximum Gasteiger partial charge on any atom is 0.355 e. The summed E-state index contributed by atoms with van der Waals surface area (Å²) in [4.78, 5) is 25.8. The molecule has 1 N–H and O–H groups in total. The van der Waals surface area contributed by atoms with Crippen molar-refractivity contribution in [2.75, 3.05) is 37.2 Å². The molecular weight excluding hydrogens is 483 g/mol. The highest BCUT2D eigenvalue weighted by Gasteiger charge is 2.32. The third-order valence-corrected chi connectivity index (χ3v) is 6.60. The molecule has 0 aliphatic carbocycles. The van der Waals surface area contributed by atoms with Crippen LogP contribution in [-0.4, -0.2) is 47.9 Å². The van der Waals surface area contributed by atoms with Gasteiger partial charge in [0.25, 0.3) is 10.0 Å². The number of esters is 2. The van der Waals surface area contributed by atoms with E-state index in [1.54, 1.807) is 0 Å². The molecule has 9 nitrogen and oxygen atoms in total. The highest BCUT2D eigenvalue weighted by molar-refractivity contribution is 7.92. The number of nitrogens with one attached hydrogen (secondary N) is 1. The van der Waals surface area contributed by atoms with Gasteiger partial charge in [-0.25, -0.2) is 18.0 Å². The lowest BCUT2D eigenvalue weighted by Crippen LogP contribution is -2.38. The molecule has 170 valence electrons. The van der Waals surface area contributed by atoms with E-state index >= 15 is 0 Å². The smallest absolute Gasteiger partial charge is 0.355 e. The van der Waals surface area contributed by atoms with Gasteiger partial charge in [-0.1, -0.05) is 23.2 Å². The summed E-state index contributed by atoms with van der Waals surface area (Å²) in [5.41, 5.74) is 0.588. The lowest BCUT2D eigenvalue weighted by Gasteiger charge is -2.31. The SMILES string of the molecule is COC(=O)C1=C(C(=O)OC)N(c2ccc(S(=O)(=O)Nc3ccc(Cl)c(Cl)c3)cc2)COC1. The lowest BCUT2D eigenvalue weighted by molar-refractivity contribution is -0.140. The molecule has 2 aromatic rings. The van der Waals surface area contributed by atoms with Crippen LogP contribution in [0.5, 0.6) is 0 Å². The minimum absolute atomic E-state index is 0.0106. The number of rotatable bonds is 6. The topological polar surface area (TPSA) is 111 Å². The molecule has 1 heterocycles. The van der Waals surface area contributed by atoms with Gasteiger partial charge in [0.15, 0.2) is 0 Å². The van der Waals surface area contributed by atoms with Crippen LogP contribution in [0.25, 0.3) is 0 Å². The van der Waals surface area contributed by atoms with Crippen LogP contribution in [0.15, 0.2) is 58.6 Å². The molecule has 3 rings (SSSR count). The van der Waals surface area contributed by atoms with Crippen molar-refractivity contribution in [3.05, 3.63) is 63.8 Å². The number of carbonyl (C=O) groups is 2. The zero-order chi connectivity index (χ0) is 23.5. The number of hydrogen-bond donors (Lipinski definition) is 1. The van der Waals surface area contributed by atoms with Crippen LogP contribution in [0, 0.1) is 0 Å². The first kappa shape index (κ1) is 23.9. The number of sulfonamides is 1. The molecule has 1 aliphatic heterocycles. The van der Waals surface area contributed by atoms with Gasteiger partial charge in [0, 0.05) is 5.69 Å². The van der Waals surface area contributed by atoms with Crippen molar-refractivity contribution in [3.8, 4) is 0 Å². The summed E-state index contributed by atoms with van der Waals surface area (Å²) in [6.07, 6.45) is 0. The summed E-state index contributed by atoms with van der Waals surface area (Å²) in [6, 6.07) is 9.97. The highest BCUT2D eigenvalue weighted by atomic mass is 35.5. The fraction of sp³-hybridized carbons (Fsp3) is 0.200. The Balaban J connectivity index is 1.91. The van der Waals surface area contributed by atoms with E-state index in [0.717, 1.165) is 0 Å². The van der Waals surface area contributed by atoms with Gasteiger partial charge in [-0.15, -0.1) is 0 Å². The number of ether oxygens (including phenoxy) is 3. The molecule has 0 saturated carbocycles. The van der Waals surface area contributed by atoms with Crippen LogP contribution in [0.2, 0.25) is 10.0 Å². The Kier molecular flexibility index (Phi) is 7.29. The van der Waals surface area contributed by atoms with Crippen molar-refractivity contribution in [2.24, 2.45) is 0 Å². The summed E-state index contributed by atoms with van der Waals surface area (Å²) < 4.78 is 42.8. The van der Waals surface area contributed by atoms with Crippen molar-refractivity contribution >= 4 is 56.5 Å². The molecule has 0 unspecified atom stereocenters. The summed E-state index contributed by atoms with van der Waals surface area (Å²) in [5.74, 6) is -1.49. The largest absolute Gasteiger partial charge is 0.466 e. The summed E-state index contributed by atoms with van der Waals surface area (Å²) >= 11 is 11.8. The Bertz CT molecular complexity index is 1180. The fourth-order valence-corrected chi connectivity index (χ4v) is 4.27. The van der Waals surface area contributed by atoms with Crippen LogP contribution < -0.4 is 9.62 Å². The lowest BCUT2D eigenvalue weighted by atomic mass is 10.1. The molecule has 0 bridgehead atoms. The Labute approximate surface area is 194 Å². The first-order valence-corrected chi connectivity index (χ1v) is 11.2. The zero-order valence-electron chi connectivity index (χ0n) is 16.9. The van der Waals surface area contributed by atoms with Crippen LogP contribution in [0.1, 0.15) is 0 Å². The quantitative estimate of drug-likeness (QED) is 0.601. The van der Waals surface area contributed by atoms with Gasteiger partial charge in [0.05, 0.1) is 47.0 Å². The number of carbonyl (C=O) groups excluding carboxylic acids is 2. The maximum absolute atomic E-state index is 12.7. The molecule has 0 fully saturated rings. The van der Waals surface area contributed by atoms with E-state index in [-0.39, 0.29) is 40.2 Å². The number of methoxy groups -OCH3 is 2. The van der Waals surface area contributed by atoms with E-state index < -0.39 is 22.0 Å². The van der Waals surface area contributed by atoms with Gasteiger partial charge in [0.2, 0.25) is 0 Å². The molecule has 0 saturated heterocycles. The van der Waals surface area contributed by atoms with Crippen molar-refractivity contribution < 1.29 is 32.2 Å². The Morgan fingerprint density at radius 3 is 2.25 bits per heavy atom. The second-order valence-electron chi connectivity index (χ2n) is 6.44. The average Bonchev–Trinajstić information content (AvgIpc) is 2.79. The third-order valence-electron chi connectivity index (χ3n) is 4.46. The Hall–Kier alpha value is -2.79. The van der Waals surface area contributed by atoms with Gasteiger partial charge >= 0.3 is 11.9 Å². The Morgan fingerprint density at radius 1 is 1.00 bits per heavy atom. The van der Waals surface area contributed by atoms with E-state index in [9.17, 15) is 18.0 Å². The minimum Gasteiger partial charge on any atom is -0.466 e. The van der Waals surface area contributed by atoms with Crippen molar-refractivity contribution in [1.29, 1.82) is 0 Å². The summed E-state index contributed by atoms with van der Waals surface area (Å²) in [5, 5.41) is 0.499. The maximum atomic E-state index is 12.7. The van der Waals surface area contributed by atoms with Crippen molar-refractivity contribution in [2.45, 2.75) is 4.90 Å². The molecule has 0 atom stereocenters. The summed E-state index contributed by atoms with van der Waals surface area (Å²) in [7, 11) is -1.57. The first-order chi connectivity index (χ1) is 15.2. The van der Waals surface area contributed by atoms with E-state index in [4.69, 9.17) is 37.4 Å². The number of halogens is 2. The molecule has 12 heteroatoms. The summed E-state index contributed by atoms with van der Waals surface area (Å²) in [6.45, 7) is -0.188. The number of nitrogens with zero attached hydrogens (tertiary/aromatic N) is 1.